The molecule has 498 valence electrons. The summed E-state index contributed by atoms with van der Waals surface area (Å²) in [6.07, 6.45) is 24.2. The van der Waals surface area contributed by atoms with Crippen LogP contribution in [0.3, 0.4) is 0 Å². The number of hydrogen-bond donors (Lipinski definition) is 0. The molecule has 4 unspecified atom stereocenters. The summed E-state index contributed by atoms with van der Waals surface area (Å²) in [4.78, 5) is 0. The summed E-state index contributed by atoms with van der Waals surface area (Å²) in [5.41, 5.74) is 26.6. The van der Waals surface area contributed by atoms with Crippen molar-refractivity contribution in [2.75, 3.05) is 0 Å². The van der Waals surface area contributed by atoms with Crippen molar-refractivity contribution in [2.45, 2.75) is 214 Å². The fourth-order valence-corrected chi connectivity index (χ4v) is 20.3. The number of allylic oxidation sites excluding steroid dienone is 12. The molecule has 0 saturated heterocycles. The molecule has 0 aromatic heterocycles. The van der Waals surface area contributed by atoms with Crippen molar-refractivity contribution in [1.29, 1.82) is 0 Å². The van der Waals surface area contributed by atoms with Gasteiger partial charge in [-0.3, -0.25) is 0 Å². The minimum absolute atomic E-state index is 0. The Hall–Kier alpha value is -4.02. The number of halogens is 2. The van der Waals surface area contributed by atoms with Gasteiger partial charge in [0.1, 0.15) is 0 Å². The molecule has 4 atom stereocenters. The third-order valence-corrected chi connectivity index (χ3v) is 29.4. The Bertz CT molecular complexity index is 3640. The number of hydrogen-bond acceptors (Lipinski definition) is 0. The third kappa shape index (κ3) is 12.7. The second kappa shape index (κ2) is 28.9. The van der Waals surface area contributed by atoms with E-state index in [1.807, 2.05) is 0 Å². The number of fused-ring (bicyclic) bond motifs is 12. The summed E-state index contributed by atoms with van der Waals surface area (Å²) in [6, 6.07) is 56.8. The summed E-state index contributed by atoms with van der Waals surface area (Å²) in [7, 11) is 0. The van der Waals surface area contributed by atoms with Gasteiger partial charge >= 0.3 is 125 Å². The molecule has 0 N–H and O–H groups in total. The zero-order chi connectivity index (χ0) is 66.2. The van der Waals surface area contributed by atoms with E-state index < -0.39 is 0 Å². The van der Waals surface area contributed by atoms with Gasteiger partial charge in [0, 0.05) is 0 Å². The molecule has 3 saturated carbocycles. The molecular formula is C91H112Cl2Zr2. The molecular weight excluding hydrogens is 1350 g/mol. The van der Waals surface area contributed by atoms with Crippen LogP contribution in [0, 0.1) is 67.0 Å². The van der Waals surface area contributed by atoms with Crippen LogP contribution in [-0.4, -0.2) is 3.21 Å². The van der Waals surface area contributed by atoms with Gasteiger partial charge in [-0.15, -0.1) is 13.8 Å². The Morgan fingerprint density at radius 1 is 0.474 bits per heavy atom. The fraction of sp³-hybridized carbons (Fsp3) is 0.462. The first-order chi connectivity index (χ1) is 43.4. The summed E-state index contributed by atoms with van der Waals surface area (Å²) in [6.45, 7) is 47.3. The van der Waals surface area contributed by atoms with Gasteiger partial charge in [-0.2, -0.15) is 69.8 Å². The Balaban J connectivity index is 0.000000162. The number of benzene rings is 4. The molecule has 0 amide bonds. The van der Waals surface area contributed by atoms with Gasteiger partial charge in [0.05, 0.1) is 0 Å². The van der Waals surface area contributed by atoms with E-state index in [9.17, 15) is 0 Å². The van der Waals surface area contributed by atoms with Crippen molar-refractivity contribution in [2.24, 2.45) is 55.2 Å². The Morgan fingerprint density at radius 2 is 0.863 bits per heavy atom. The van der Waals surface area contributed by atoms with Gasteiger partial charge in [0.25, 0.3) is 0 Å². The molecule has 95 heavy (non-hydrogen) atoms. The normalized spacial score (nSPS) is 25.2. The maximum absolute atomic E-state index is 2.62. The first-order valence-corrected chi connectivity index (χ1v) is 36.9. The zero-order valence-electron chi connectivity index (χ0n) is 61.6. The van der Waals surface area contributed by atoms with Gasteiger partial charge in [0.2, 0.25) is 0 Å². The van der Waals surface area contributed by atoms with Crippen LogP contribution in [0.4, 0.5) is 0 Å². The van der Waals surface area contributed by atoms with Crippen molar-refractivity contribution in [3.63, 3.8) is 0 Å². The first-order valence-electron chi connectivity index (χ1n) is 35.7. The van der Waals surface area contributed by atoms with Crippen LogP contribution in [-0.2, 0) is 68.7 Å². The van der Waals surface area contributed by atoms with Crippen LogP contribution in [0.2, 0.25) is 0 Å². The average Bonchev–Trinajstić information content (AvgIpc) is 1.65. The molecule has 6 aromatic carbocycles. The van der Waals surface area contributed by atoms with Crippen molar-refractivity contribution in [3.8, 4) is 0 Å². The topological polar surface area (TPSA) is 0 Å². The van der Waals surface area contributed by atoms with E-state index in [2.05, 4.69) is 314 Å². The van der Waals surface area contributed by atoms with Crippen LogP contribution < -0.4 is 24.8 Å². The Labute approximate surface area is 624 Å². The molecule has 3 fully saturated rings. The van der Waals surface area contributed by atoms with Crippen molar-refractivity contribution < 1.29 is 75.3 Å². The second-order valence-corrected chi connectivity index (χ2v) is 34.8. The quantitative estimate of drug-likeness (QED) is 0.155. The summed E-state index contributed by atoms with van der Waals surface area (Å²) in [5.74, 6) is 5.37. The third-order valence-electron chi connectivity index (χ3n) is 28.0. The van der Waals surface area contributed by atoms with Crippen molar-refractivity contribution >= 4 is 14.4 Å². The minimum atomic E-state index is 0. The fourth-order valence-electron chi connectivity index (χ4n) is 19.5. The SMILES string of the molecule is CC(C)(C)c1cc[cH-]c1.C[C-]1C2=C3Cc4ccccc4C3=C3C=CCCC3C2(C)C(C)(C)C(C)(C)C1(C)C.C[C-]1C2=C3Cc4ccccc4C3=C3C=CCCC3C2(C)C(C)(C)C(C)(C)C1(C)C.[Cl-].[Cl-].[Zr+2]=[C](c1ccccc1)c1ccccc1.[Zr+4].c1cc(C2CCCCC2)c[cH-]1. The second-order valence-electron chi connectivity index (χ2n) is 33.6. The Morgan fingerprint density at radius 3 is 1.23 bits per heavy atom. The van der Waals surface area contributed by atoms with E-state index in [-0.39, 0.29) is 94.3 Å². The van der Waals surface area contributed by atoms with Crippen LogP contribution >= 0.6 is 0 Å². The first kappa shape index (κ1) is 76.7. The van der Waals surface area contributed by atoms with E-state index in [0.29, 0.717) is 17.3 Å². The van der Waals surface area contributed by atoms with Crippen molar-refractivity contribution in [1.82, 2.24) is 0 Å². The molecule has 0 bridgehead atoms. The Kier molecular flexibility index (Phi) is 23.3. The smallest absolute Gasteiger partial charge is 0.210 e. The molecule has 9 aliphatic rings. The molecule has 0 nitrogen and oxygen atoms in total. The molecule has 9 aliphatic carbocycles. The maximum atomic E-state index is 2.62. The largest absolute Gasteiger partial charge is 4.00 e. The zero-order valence-corrected chi connectivity index (χ0v) is 68.0. The van der Waals surface area contributed by atoms with Crippen LogP contribution in [0.5, 0.6) is 0 Å². The summed E-state index contributed by atoms with van der Waals surface area (Å²) < 4.78 is 1.42. The average molecular weight is 1460 g/mol. The van der Waals surface area contributed by atoms with Gasteiger partial charge in [-0.25, -0.2) is 24.0 Å². The predicted molar refractivity (Wildman–Crippen MR) is 393 cm³/mol. The summed E-state index contributed by atoms with van der Waals surface area (Å²) in [5, 5.41) is 0. The molecule has 0 radical (unpaired) electrons. The van der Waals surface area contributed by atoms with Gasteiger partial charge < -0.3 is 24.8 Å². The molecule has 15 rings (SSSR count). The van der Waals surface area contributed by atoms with Gasteiger partial charge in [-0.1, -0.05) is 291 Å². The van der Waals surface area contributed by atoms with E-state index in [4.69, 9.17) is 0 Å². The monoisotopic (exact) mass is 1450 g/mol. The van der Waals surface area contributed by atoms with Crippen molar-refractivity contribution in [3.05, 3.63) is 272 Å². The van der Waals surface area contributed by atoms with Crippen LogP contribution in [0.25, 0.3) is 11.1 Å². The number of rotatable bonds is 3. The molecule has 0 heterocycles. The molecule has 6 aromatic rings. The van der Waals surface area contributed by atoms with E-state index >= 15 is 0 Å². The van der Waals surface area contributed by atoms with Crippen LogP contribution in [0.1, 0.15) is 240 Å². The minimum Gasteiger partial charge on any atom is -0.210 e. The summed E-state index contributed by atoms with van der Waals surface area (Å²) >= 11 is 1.46. The van der Waals surface area contributed by atoms with E-state index in [1.54, 1.807) is 62.0 Å². The van der Waals surface area contributed by atoms with Gasteiger partial charge in [0.15, 0.2) is 0 Å². The van der Waals surface area contributed by atoms with E-state index in [0.717, 1.165) is 18.8 Å². The molecule has 4 heteroatoms. The van der Waals surface area contributed by atoms with E-state index in [1.165, 1.54) is 124 Å². The molecule has 0 aliphatic heterocycles. The standard InChI is InChI=1S/2C29H37.C13H10.C11H15.C9H13.2ClH.2Zr/c2*1-18-25-22-17-19-13-9-10-14-20(19)24(22)21-15-11-12-16-23(21)29(25,8)28(6,7)27(4,5)26(18,2)3;1-3-7-12(8-4-1)11-13-9-5-2-6-10-13;1-2-6-10(7-3-1)11-8-4-5-9-11;1-9(2,3)8-6-4-5-7-8;;;;/h2*9-11,13-15,23H,12,16-17H2,1-8H3;1-10H;4-5,8-10H,1-3,6-7H2;4-7H,1-3H3;2*1H;;/q2*-1;;2*-1;;;+2;+4/p-2. The molecule has 0 spiro atoms. The predicted octanol–water partition coefficient (Wildman–Crippen LogP) is 18.9. The van der Waals surface area contributed by atoms with Gasteiger partial charge in [-0.05, 0) is 81.1 Å². The van der Waals surface area contributed by atoms with Crippen LogP contribution in [0.15, 0.2) is 215 Å². The maximum Gasteiger partial charge on any atom is 4.00 e.